The third kappa shape index (κ3) is 7.09. The maximum atomic E-state index is 12.8. The number of nitrogens with zero attached hydrogens (tertiary/aromatic N) is 2. The first-order valence-electron chi connectivity index (χ1n) is 9.93. The Morgan fingerprint density at radius 3 is 2.38 bits per heavy atom. The van der Waals surface area contributed by atoms with Gasteiger partial charge in [0, 0.05) is 17.8 Å². The highest BCUT2D eigenvalue weighted by Crippen LogP contribution is 2.21. The van der Waals surface area contributed by atoms with Gasteiger partial charge in [0.1, 0.15) is 0 Å². The summed E-state index contributed by atoms with van der Waals surface area (Å²) in [4.78, 5) is 20.1. The quantitative estimate of drug-likeness (QED) is 0.357. The first-order valence-corrected chi connectivity index (χ1v) is 12.0. The summed E-state index contributed by atoms with van der Waals surface area (Å²) in [6.07, 6.45) is 3.04. The van der Waals surface area contributed by atoms with Crippen LogP contribution in [0.15, 0.2) is 71.6 Å². The minimum atomic E-state index is -3.70. The molecule has 0 atom stereocenters. The first-order chi connectivity index (χ1) is 16.3. The summed E-state index contributed by atoms with van der Waals surface area (Å²) in [6, 6.07) is 16.8. The Balaban J connectivity index is 1.61. The van der Waals surface area contributed by atoms with E-state index in [1.165, 1.54) is 38.5 Å². The van der Waals surface area contributed by atoms with Crippen LogP contribution in [0.2, 0.25) is 0 Å². The largest absolute Gasteiger partial charge is 0.481 e. The number of hydrogen-bond donors (Lipinski definition) is 2. The van der Waals surface area contributed by atoms with Crippen LogP contribution in [0.5, 0.6) is 11.9 Å². The van der Waals surface area contributed by atoms with Gasteiger partial charge in [-0.05, 0) is 48.1 Å². The molecule has 3 aromatic rings. The number of sulfone groups is 1. The van der Waals surface area contributed by atoms with Gasteiger partial charge in [-0.2, -0.15) is 9.97 Å². The fourth-order valence-corrected chi connectivity index (χ4v) is 4.27. The van der Waals surface area contributed by atoms with Crippen molar-refractivity contribution in [1.82, 2.24) is 15.3 Å². The zero-order valence-corrected chi connectivity index (χ0v) is 20.0. The Morgan fingerprint density at radius 1 is 1.03 bits per heavy atom. The van der Waals surface area contributed by atoms with Crippen molar-refractivity contribution in [3.05, 3.63) is 78.0 Å². The molecule has 2 aromatic carbocycles. The topological polar surface area (TPSA) is 120 Å². The van der Waals surface area contributed by atoms with Gasteiger partial charge in [0.25, 0.3) is 0 Å². The number of benzene rings is 2. The van der Waals surface area contributed by atoms with Crippen LogP contribution in [0.4, 0.5) is 5.69 Å². The minimum Gasteiger partial charge on any atom is -0.481 e. The molecule has 0 unspecified atom stereocenters. The van der Waals surface area contributed by atoms with Gasteiger partial charge >= 0.3 is 6.01 Å². The molecule has 176 valence electrons. The third-order valence-corrected chi connectivity index (χ3v) is 6.27. The van der Waals surface area contributed by atoms with Crippen LogP contribution >= 0.6 is 12.2 Å². The van der Waals surface area contributed by atoms with Gasteiger partial charge < -0.3 is 14.8 Å². The van der Waals surface area contributed by atoms with Gasteiger partial charge in [0.15, 0.2) is 14.9 Å². The molecule has 0 aliphatic heterocycles. The van der Waals surface area contributed by atoms with Gasteiger partial charge in [0.2, 0.25) is 11.8 Å². The average Bonchev–Trinajstić information content (AvgIpc) is 2.83. The lowest BCUT2D eigenvalue weighted by Crippen LogP contribution is -2.32. The summed E-state index contributed by atoms with van der Waals surface area (Å²) in [5, 5.41) is 5.46. The number of thiocarbonyl (C=S) groups is 1. The van der Waals surface area contributed by atoms with E-state index in [1.54, 1.807) is 18.2 Å². The van der Waals surface area contributed by atoms with E-state index in [0.717, 1.165) is 5.56 Å². The Labute approximate surface area is 202 Å². The van der Waals surface area contributed by atoms with Crippen molar-refractivity contribution in [2.75, 3.05) is 19.5 Å². The molecule has 0 radical (unpaired) electrons. The molecule has 0 aliphatic carbocycles. The van der Waals surface area contributed by atoms with E-state index in [4.69, 9.17) is 21.7 Å². The van der Waals surface area contributed by atoms with E-state index in [1.807, 2.05) is 30.3 Å². The SMILES string of the molecule is COc1cc(CS(=O)(=O)c2ccc(NC(=S)NC(=O)/C=C/c3ccccc3)cc2)nc(OC)n1. The highest BCUT2D eigenvalue weighted by molar-refractivity contribution is 7.90. The number of rotatable bonds is 8. The number of anilines is 1. The normalized spacial score (nSPS) is 11.1. The molecule has 0 saturated carbocycles. The predicted octanol–water partition coefficient (Wildman–Crippen LogP) is 2.99. The minimum absolute atomic E-state index is 0.0123. The van der Waals surface area contributed by atoms with Crippen LogP contribution < -0.4 is 20.1 Å². The number of amides is 1. The number of methoxy groups -OCH3 is 2. The molecule has 1 aromatic heterocycles. The van der Waals surface area contributed by atoms with Crippen LogP contribution in [0.3, 0.4) is 0 Å². The van der Waals surface area contributed by atoms with Crippen molar-refractivity contribution in [2.45, 2.75) is 10.6 Å². The fraction of sp³-hybridized carbons (Fsp3) is 0.130. The molecule has 0 saturated heterocycles. The van der Waals surface area contributed by atoms with E-state index in [2.05, 4.69) is 20.6 Å². The van der Waals surface area contributed by atoms with Gasteiger partial charge in [-0.25, -0.2) is 8.42 Å². The number of ether oxygens (including phenoxy) is 2. The molecule has 11 heteroatoms. The predicted molar refractivity (Wildman–Crippen MR) is 132 cm³/mol. The molecule has 1 amide bonds. The molecule has 1 heterocycles. The average molecular weight is 499 g/mol. The highest BCUT2D eigenvalue weighted by Gasteiger charge is 2.18. The Bertz CT molecular complexity index is 1270. The van der Waals surface area contributed by atoms with E-state index < -0.39 is 15.7 Å². The number of carbonyl (C=O) groups is 1. The lowest BCUT2D eigenvalue weighted by atomic mass is 10.2. The standard InChI is InChI=1S/C23H22N4O5S2/c1-31-21-14-18(24-22(27-21)32-2)15-34(29,30)19-11-9-17(10-12-19)25-23(33)26-20(28)13-8-16-6-4-3-5-7-16/h3-14H,15H2,1-2H3,(H2,25,26,28,33)/b13-8+. The molecular formula is C23H22N4O5S2. The zero-order chi connectivity index (χ0) is 24.6. The zero-order valence-electron chi connectivity index (χ0n) is 18.4. The maximum Gasteiger partial charge on any atom is 0.319 e. The monoisotopic (exact) mass is 498 g/mol. The summed E-state index contributed by atoms with van der Waals surface area (Å²) < 4.78 is 35.7. The Kier molecular flexibility index (Phi) is 8.28. The van der Waals surface area contributed by atoms with Crippen molar-refractivity contribution in [3.63, 3.8) is 0 Å². The molecule has 0 fully saturated rings. The summed E-state index contributed by atoms with van der Waals surface area (Å²) in [7, 11) is -0.907. The molecule has 3 rings (SSSR count). The number of aromatic nitrogens is 2. The molecule has 0 bridgehead atoms. The third-order valence-electron chi connectivity index (χ3n) is 4.40. The maximum absolute atomic E-state index is 12.8. The van der Waals surface area contributed by atoms with Crippen molar-refractivity contribution in [1.29, 1.82) is 0 Å². The van der Waals surface area contributed by atoms with Crippen LogP contribution in [0, 0.1) is 0 Å². The van der Waals surface area contributed by atoms with Gasteiger partial charge in [-0.1, -0.05) is 30.3 Å². The van der Waals surface area contributed by atoms with Crippen LogP contribution in [-0.4, -0.2) is 43.6 Å². The number of carbonyl (C=O) groups excluding carboxylic acids is 1. The molecular weight excluding hydrogens is 476 g/mol. The van der Waals surface area contributed by atoms with Crippen molar-refractivity contribution in [3.8, 4) is 11.9 Å². The summed E-state index contributed by atoms with van der Waals surface area (Å²) in [5.41, 5.74) is 1.63. The Hall–Kier alpha value is -3.83. The smallest absolute Gasteiger partial charge is 0.319 e. The lowest BCUT2D eigenvalue weighted by molar-refractivity contribution is -0.115. The van der Waals surface area contributed by atoms with Crippen LogP contribution in [0.25, 0.3) is 6.08 Å². The van der Waals surface area contributed by atoms with Gasteiger partial charge in [-0.15, -0.1) is 0 Å². The molecule has 0 spiro atoms. The van der Waals surface area contributed by atoms with E-state index in [-0.39, 0.29) is 33.3 Å². The van der Waals surface area contributed by atoms with E-state index in [0.29, 0.717) is 5.69 Å². The van der Waals surface area contributed by atoms with Crippen LogP contribution in [-0.2, 0) is 20.4 Å². The second kappa shape index (κ2) is 11.3. The van der Waals surface area contributed by atoms with Crippen molar-refractivity contribution in [2.24, 2.45) is 0 Å². The molecule has 9 nitrogen and oxygen atoms in total. The van der Waals surface area contributed by atoms with E-state index in [9.17, 15) is 13.2 Å². The fourth-order valence-electron chi connectivity index (χ4n) is 2.79. The second-order valence-corrected chi connectivity index (χ2v) is 9.26. The highest BCUT2D eigenvalue weighted by atomic mass is 32.2. The van der Waals surface area contributed by atoms with Crippen molar-refractivity contribution >= 4 is 44.8 Å². The summed E-state index contributed by atoms with van der Waals surface area (Å²) in [5.74, 6) is -0.556. The second-order valence-electron chi connectivity index (χ2n) is 6.86. The molecule has 2 N–H and O–H groups in total. The molecule has 34 heavy (non-hydrogen) atoms. The lowest BCUT2D eigenvalue weighted by Gasteiger charge is -2.10. The van der Waals surface area contributed by atoms with Crippen molar-refractivity contribution < 1.29 is 22.7 Å². The summed E-state index contributed by atoms with van der Waals surface area (Å²) in [6.45, 7) is 0. The number of nitrogens with one attached hydrogen (secondary N) is 2. The van der Waals surface area contributed by atoms with E-state index >= 15 is 0 Å². The Morgan fingerprint density at radius 2 is 1.74 bits per heavy atom. The first kappa shape index (κ1) is 24.8. The number of hydrogen-bond acceptors (Lipinski definition) is 8. The van der Waals surface area contributed by atoms with Gasteiger partial charge in [-0.3, -0.25) is 10.1 Å². The molecule has 0 aliphatic rings. The van der Waals surface area contributed by atoms with Gasteiger partial charge in [0.05, 0.1) is 30.6 Å². The van der Waals surface area contributed by atoms with Crippen LogP contribution in [0.1, 0.15) is 11.3 Å². The summed E-state index contributed by atoms with van der Waals surface area (Å²) >= 11 is 5.15.